The third-order valence-electron chi connectivity index (χ3n) is 3.00. The van der Waals surface area contributed by atoms with E-state index in [4.69, 9.17) is 0 Å². The topological polar surface area (TPSA) is 36.0 Å². The Morgan fingerprint density at radius 1 is 1.23 bits per heavy atom. The molecular formula is C11H17NO. The van der Waals surface area contributed by atoms with Gasteiger partial charge in [0.25, 0.3) is 0 Å². The van der Waals surface area contributed by atoms with Crippen LogP contribution in [0.15, 0.2) is 18.3 Å². The van der Waals surface area contributed by atoms with Crippen molar-refractivity contribution in [3.05, 3.63) is 24.0 Å². The monoisotopic (exact) mass is 179 g/mol. The Hall–Kier alpha value is -0.760. The van der Waals surface area contributed by atoms with Gasteiger partial charge in [0, 0.05) is 17.8 Å². The Morgan fingerprint density at radius 3 is 2.85 bits per heavy atom. The van der Waals surface area contributed by atoms with Crippen LogP contribution in [0, 0.1) is 0 Å². The first kappa shape index (κ1) is 8.82. The molecule has 72 valence electrons. The highest BCUT2D eigenvalue weighted by Crippen LogP contribution is 2.30. The first-order chi connectivity index (χ1) is 6.38. The van der Waals surface area contributed by atoms with Gasteiger partial charge in [0.2, 0.25) is 0 Å². The highest BCUT2D eigenvalue weighted by Gasteiger charge is 2.23. The van der Waals surface area contributed by atoms with E-state index in [0.29, 0.717) is 5.92 Å². The number of nitrogens with one attached hydrogen (secondary N) is 1. The lowest BCUT2D eigenvalue weighted by atomic mass is 9.94. The predicted octanol–water partition coefficient (Wildman–Crippen LogP) is 2.42. The number of hydrogen-bond acceptors (Lipinski definition) is 1. The lowest BCUT2D eigenvalue weighted by Gasteiger charge is -2.18. The second-order valence-corrected chi connectivity index (χ2v) is 3.94. The smallest absolute Gasteiger partial charge is 0.0623 e. The molecule has 2 rings (SSSR count). The molecule has 0 amide bonds. The maximum Gasteiger partial charge on any atom is 0.0623 e. The summed E-state index contributed by atoms with van der Waals surface area (Å²) in [5.74, 6) is 0.345. The van der Waals surface area contributed by atoms with Gasteiger partial charge in [0.05, 0.1) is 6.10 Å². The Balaban J connectivity index is 2.11. The van der Waals surface area contributed by atoms with Crippen molar-refractivity contribution in [2.75, 3.05) is 0 Å². The number of rotatable bonds is 1. The molecule has 1 fully saturated rings. The summed E-state index contributed by atoms with van der Waals surface area (Å²) in [6.45, 7) is 0. The molecule has 1 heterocycles. The standard InChI is InChI=1S/C11H17NO/c13-11-7-3-1-2-5-9(11)10-6-4-8-12-10/h4,6,8-9,11-13H,1-3,5,7H2. The van der Waals surface area contributed by atoms with Crippen LogP contribution < -0.4 is 0 Å². The van der Waals surface area contributed by atoms with E-state index in [0.717, 1.165) is 12.8 Å². The minimum Gasteiger partial charge on any atom is -0.392 e. The van der Waals surface area contributed by atoms with E-state index in [1.165, 1.54) is 25.0 Å². The van der Waals surface area contributed by atoms with E-state index in [2.05, 4.69) is 11.1 Å². The molecule has 2 atom stereocenters. The molecule has 0 bridgehead atoms. The molecule has 0 aromatic carbocycles. The molecule has 1 aromatic rings. The van der Waals surface area contributed by atoms with E-state index in [1.54, 1.807) is 0 Å². The van der Waals surface area contributed by atoms with Crippen LogP contribution in [-0.2, 0) is 0 Å². The highest BCUT2D eigenvalue weighted by atomic mass is 16.3. The summed E-state index contributed by atoms with van der Waals surface area (Å²) >= 11 is 0. The van der Waals surface area contributed by atoms with Gasteiger partial charge in [-0.25, -0.2) is 0 Å². The van der Waals surface area contributed by atoms with Crippen molar-refractivity contribution in [3.8, 4) is 0 Å². The Kier molecular flexibility index (Phi) is 2.69. The third kappa shape index (κ3) is 1.94. The van der Waals surface area contributed by atoms with Gasteiger partial charge in [0.1, 0.15) is 0 Å². The number of hydrogen-bond donors (Lipinski definition) is 2. The van der Waals surface area contributed by atoms with Gasteiger partial charge < -0.3 is 10.1 Å². The van der Waals surface area contributed by atoms with Crippen LogP contribution in [0.5, 0.6) is 0 Å². The fourth-order valence-corrected chi connectivity index (χ4v) is 2.23. The first-order valence-corrected chi connectivity index (χ1v) is 5.19. The molecule has 0 spiro atoms. The van der Waals surface area contributed by atoms with Gasteiger partial charge in [0.15, 0.2) is 0 Å². The van der Waals surface area contributed by atoms with E-state index in [-0.39, 0.29) is 6.10 Å². The fraction of sp³-hybridized carbons (Fsp3) is 0.636. The molecule has 1 aromatic heterocycles. The molecule has 0 saturated heterocycles. The first-order valence-electron chi connectivity index (χ1n) is 5.19. The second-order valence-electron chi connectivity index (χ2n) is 3.94. The SMILES string of the molecule is OC1CCCCCC1c1ccc[nH]1. The van der Waals surface area contributed by atoms with E-state index in [1.807, 2.05) is 12.3 Å². The van der Waals surface area contributed by atoms with Crippen LogP contribution in [0.25, 0.3) is 0 Å². The van der Waals surface area contributed by atoms with Gasteiger partial charge >= 0.3 is 0 Å². The zero-order chi connectivity index (χ0) is 9.10. The van der Waals surface area contributed by atoms with Crippen LogP contribution in [0.1, 0.15) is 43.7 Å². The summed E-state index contributed by atoms with van der Waals surface area (Å²) in [5.41, 5.74) is 1.20. The molecule has 0 radical (unpaired) electrons. The second kappa shape index (κ2) is 3.97. The van der Waals surface area contributed by atoms with Gasteiger partial charge in [-0.1, -0.05) is 19.3 Å². The quantitative estimate of drug-likeness (QED) is 0.638. The van der Waals surface area contributed by atoms with Crippen molar-refractivity contribution in [1.29, 1.82) is 0 Å². The predicted molar refractivity (Wildman–Crippen MR) is 52.6 cm³/mol. The largest absolute Gasteiger partial charge is 0.392 e. The van der Waals surface area contributed by atoms with Crippen molar-refractivity contribution >= 4 is 0 Å². The minimum absolute atomic E-state index is 0.138. The molecule has 1 saturated carbocycles. The molecule has 2 heteroatoms. The lowest BCUT2D eigenvalue weighted by Crippen LogP contribution is -2.16. The van der Waals surface area contributed by atoms with Gasteiger partial charge in [-0.2, -0.15) is 0 Å². The number of H-pyrrole nitrogens is 1. The van der Waals surface area contributed by atoms with Gasteiger partial charge in [-0.3, -0.25) is 0 Å². The van der Waals surface area contributed by atoms with Crippen molar-refractivity contribution in [2.45, 2.75) is 44.1 Å². The summed E-state index contributed by atoms with van der Waals surface area (Å²) < 4.78 is 0. The number of aromatic amines is 1. The van der Waals surface area contributed by atoms with Crippen LogP contribution in [0.4, 0.5) is 0 Å². The van der Waals surface area contributed by atoms with Crippen LogP contribution >= 0.6 is 0 Å². The van der Waals surface area contributed by atoms with Crippen LogP contribution in [0.2, 0.25) is 0 Å². The van der Waals surface area contributed by atoms with Crippen molar-refractivity contribution < 1.29 is 5.11 Å². The van der Waals surface area contributed by atoms with Crippen molar-refractivity contribution in [1.82, 2.24) is 4.98 Å². The molecule has 1 aliphatic rings. The van der Waals surface area contributed by atoms with Crippen molar-refractivity contribution in [3.63, 3.8) is 0 Å². The molecule has 2 N–H and O–H groups in total. The van der Waals surface area contributed by atoms with Crippen LogP contribution in [-0.4, -0.2) is 16.2 Å². The Morgan fingerprint density at radius 2 is 2.08 bits per heavy atom. The summed E-state index contributed by atoms with van der Waals surface area (Å²) in [5, 5.41) is 9.90. The summed E-state index contributed by atoms with van der Waals surface area (Å²) in [4.78, 5) is 3.21. The summed E-state index contributed by atoms with van der Waals surface area (Å²) in [6, 6.07) is 4.09. The molecule has 2 nitrogen and oxygen atoms in total. The fourth-order valence-electron chi connectivity index (χ4n) is 2.23. The zero-order valence-corrected chi connectivity index (χ0v) is 7.87. The molecule has 2 unspecified atom stereocenters. The molecular weight excluding hydrogens is 162 g/mol. The normalized spacial score (nSPS) is 29.9. The highest BCUT2D eigenvalue weighted by molar-refractivity contribution is 5.12. The Labute approximate surface area is 79.0 Å². The number of aromatic nitrogens is 1. The van der Waals surface area contributed by atoms with E-state index in [9.17, 15) is 5.11 Å². The van der Waals surface area contributed by atoms with Crippen molar-refractivity contribution in [2.24, 2.45) is 0 Å². The maximum absolute atomic E-state index is 9.90. The number of aliphatic hydroxyl groups excluding tert-OH is 1. The van der Waals surface area contributed by atoms with E-state index >= 15 is 0 Å². The average molecular weight is 179 g/mol. The van der Waals surface area contributed by atoms with E-state index < -0.39 is 0 Å². The number of aliphatic hydroxyl groups is 1. The summed E-state index contributed by atoms with van der Waals surface area (Å²) in [6.07, 6.45) is 7.59. The molecule has 13 heavy (non-hydrogen) atoms. The average Bonchev–Trinajstić information content (AvgIpc) is 2.56. The van der Waals surface area contributed by atoms with Gasteiger partial charge in [-0.15, -0.1) is 0 Å². The third-order valence-corrected chi connectivity index (χ3v) is 3.00. The maximum atomic E-state index is 9.90. The lowest BCUT2D eigenvalue weighted by molar-refractivity contribution is 0.134. The zero-order valence-electron chi connectivity index (χ0n) is 7.87. The Bertz CT molecular complexity index is 243. The van der Waals surface area contributed by atoms with Gasteiger partial charge in [-0.05, 0) is 25.0 Å². The molecule has 0 aliphatic heterocycles. The minimum atomic E-state index is -0.138. The van der Waals surface area contributed by atoms with Crippen LogP contribution in [0.3, 0.4) is 0 Å². The molecule has 1 aliphatic carbocycles. The summed E-state index contributed by atoms with van der Waals surface area (Å²) in [7, 11) is 0.